The van der Waals surface area contributed by atoms with E-state index in [9.17, 15) is 4.79 Å². The van der Waals surface area contributed by atoms with Crippen molar-refractivity contribution in [1.82, 2.24) is 5.32 Å². The van der Waals surface area contributed by atoms with Gasteiger partial charge in [-0.25, -0.2) is 0 Å². The molecule has 0 fully saturated rings. The van der Waals surface area contributed by atoms with E-state index >= 15 is 0 Å². The number of anilines is 1. The molecule has 2 aromatic carbocycles. The summed E-state index contributed by atoms with van der Waals surface area (Å²) in [5, 5.41) is 2.93. The van der Waals surface area contributed by atoms with Gasteiger partial charge in [0.1, 0.15) is 5.75 Å². The molecule has 4 heteroatoms. The minimum Gasteiger partial charge on any atom is -0.494 e. The Morgan fingerprint density at radius 2 is 1.74 bits per heavy atom. The van der Waals surface area contributed by atoms with Gasteiger partial charge in [-0.15, -0.1) is 0 Å². The Bertz CT molecular complexity index is 606. The monoisotopic (exact) mass is 312 g/mol. The molecule has 0 unspecified atom stereocenters. The number of unbranched alkanes of at least 4 members (excludes halogenated alkanes) is 1. The van der Waals surface area contributed by atoms with E-state index in [1.807, 2.05) is 48.5 Å². The Hall–Kier alpha value is -2.49. The number of aryl methyl sites for hydroxylation is 1. The number of ether oxygens (including phenoxy) is 1. The van der Waals surface area contributed by atoms with Crippen molar-refractivity contribution < 1.29 is 9.53 Å². The third-order valence-electron chi connectivity index (χ3n) is 3.53. The molecule has 122 valence electrons. The Morgan fingerprint density at radius 3 is 2.43 bits per heavy atom. The van der Waals surface area contributed by atoms with Gasteiger partial charge in [0.25, 0.3) is 0 Å². The number of nitrogens with two attached hydrogens (primary N) is 1. The molecule has 0 aliphatic rings. The van der Waals surface area contributed by atoms with E-state index in [1.54, 1.807) is 0 Å². The van der Waals surface area contributed by atoms with Crippen LogP contribution in [0.15, 0.2) is 48.5 Å². The van der Waals surface area contributed by atoms with Gasteiger partial charge in [0.2, 0.25) is 5.91 Å². The zero-order valence-electron chi connectivity index (χ0n) is 13.5. The lowest BCUT2D eigenvalue weighted by atomic mass is 10.1. The number of nitrogen functional groups attached to an aromatic ring is 1. The Morgan fingerprint density at radius 1 is 1.04 bits per heavy atom. The van der Waals surface area contributed by atoms with Crippen LogP contribution in [0.1, 0.15) is 24.0 Å². The lowest BCUT2D eigenvalue weighted by Crippen LogP contribution is -2.26. The summed E-state index contributed by atoms with van der Waals surface area (Å²) in [6.07, 6.45) is 2.20. The summed E-state index contributed by atoms with van der Waals surface area (Å²) in [6, 6.07) is 15.4. The highest BCUT2D eigenvalue weighted by atomic mass is 16.5. The van der Waals surface area contributed by atoms with Crippen molar-refractivity contribution in [2.45, 2.75) is 26.2 Å². The number of hydrogen-bond donors (Lipinski definition) is 2. The number of carbonyl (C=O) groups is 1. The van der Waals surface area contributed by atoms with Crippen LogP contribution in [0, 0.1) is 6.92 Å². The van der Waals surface area contributed by atoms with Crippen LogP contribution in [-0.2, 0) is 11.2 Å². The molecule has 0 heterocycles. The van der Waals surface area contributed by atoms with Gasteiger partial charge in [-0.3, -0.25) is 4.79 Å². The van der Waals surface area contributed by atoms with Crippen molar-refractivity contribution in [2.24, 2.45) is 0 Å². The van der Waals surface area contributed by atoms with E-state index in [0.29, 0.717) is 25.3 Å². The van der Waals surface area contributed by atoms with E-state index in [4.69, 9.17) is 10.5 Å². The minimum atomic E-state index is 0.0363. The first kappa shape index (κ1) is 16.9. The maximum atomic E-state index is 11.8. The molecule has 3 N–H and O–H groups in total. The molecule has 0 saturated carbocycles. The average Bonchev–Trinajstić information content (AvgIpc) is 2.54. The van der Waals surface area contributed by atoms with Crippen LogP contribution in [-0.4, -0.2) is 19.1 Å². The first-order valence-electron chi connectivity index (χ1n) is 7.94. The average molecular weight is 312 g/mol. The maximum absolute atomic E-state index is 11.8. The number of carbonyl (C=O) groups excluding carboxylic acids is 1. The molecule has 0 aromatic heterocycles. The third-order valence-corrected chi connectivity index (χ3v) is 3.53. The van der Waals surface area contributed by atoms with E-state index in [0.717, 1.165) is 24.2 Å². The predicted molar refractivity (Wildman–Crippen MR) is 93.5 cm³/mol. The van der Waals surface area contributed by atoms with Crippen molar-refractivity contribution in [3.63, 3.8) is 0 Å². The summed E-state index contributed by atoms with van der Waals surface area (Å²) in [7, 11) is 0. The van der Waals surface area contributed by atoms with Gasteiger partial charge in [-0.1, -0.05) is 29.8 Å². The van der Waals surface area contributed by atoms with Crippen molar-refractivity contribution >= 4 is 11.6 Å². The number of benzene rings is 2. The van der Waals surface area contributed by atoms with Crippen LogP contribution in [0.2, 0.25) is 0 Å². The summed E-state index contributed by atoms with van der Waals surface area (Å²) < 4.78 is 5.65. The fourth-order valence-corrected chi connectivity index (χ4v) is 2.16. The lowest BCUT2D eigenvalue weighted by Gasteiger charge is -2.08. The minimum absolute atomic E-state index is 0.0363. The summed E-state index contributed by atoms with van der Waals surface area (Å²) in [5.41, 5.74) is 8.53. The summed E-state index contributed by atoms with van der Waals surface area (Å²) in [5.74, 6) is 0.928. The van der Waals surface area contributed by atoms with Gasteiger partial charge in [0, 0.05) is 12.2 Å². The highest BCUT2D eigenvalue weighted by molar-refractivity contribution is 5.78. The normalized spacial score (nSPS) is 10.3. The van der Waals surface area contributed by atoms with Gasteiger partial charge < -0.3 is 15.8 Å². The molecular weight excluding hydrogens is 288 g/mol. The second-order valence-electron chi connectivity index (χ2n) is 5.64. The standard InChI is InChI=1S/C19H24N2O2/c1-15-4-10-18(11-5-15)23-13-3-2-12-21-19(22)14-16-6-8-17(20)9-7-16/h4-11H,2-3,12-14,20H2,1H3,(H,21,22). The van der Waals surface area contributed by atoms with Crippen molar-refractivity contribution in [2.75, 3.05) is 18.9 Å². The molecule has 2 rings (SSSR count). The lowest BCUT2D eigenvalue weighted by molar-refractivity contribution is -0.120. The molecular formula is C19H24N2O2. The van der Waals surface area contributed by atoms with Crippen LogP contribution < -0.4 is 15.8 Å². The Kier molecular flexibility index (Phi) is 6.48. The molecule has 0 radical (unpaired) electrons. The van der Waals surface area contributed by atoms with Crippen molar-refractivity contribution in [3.05, 3.63) is 59.7 Å². The van der Waals surface area contributed by atoms with E-state index in [1.165, 1.54) is 5.56 Å². The topological polar surface area (TPSA) is 64.3 Å². The quantitative estimate of drug-likeness (QED) is 0.581. The maximum Gasteiger partial charge on any atom is 0.224 e. The molecule has 0 spiro atoms. The molecule has 1 amide bonds. The third kappa shape index (κ3) is 6.43. The summed E-state index contributed by atoms with van der Waals surface area (Å²) in [6.45, 7) is 3.39. The fourth-order valence-electron chi connectivity index (χ4n) is 2.16. The first-order chi connectivity index (χ1) is 11.1. The summed E-state index contributed by atoms with van der Waals surface area (Å²) >= 11 is 0. The SMILES string of the molecule is Cc1ccc(OCCCCNC(=O)Cc2ccc(N)cc2)cc1. The van der Waals surface area contributed by atoms with Crippen molar-refractivity contribution in [3.8, 4) is 5.75 Å². The highest BCUT2D eigenvalue weighted by Gasteiger charge is 2.02. The number of nitrogens with one attached hydrogen (secondary N) is 1. The summed E-state index contributed by atoms with van der Waals surface area (Å²) in [4.78, 5) is 11.8. The zero-order valence-corrected chi connectivity index (χ0v) is 13.5. The van der Waals surface area contributed by atoms with E-state index in [2.05, 4.69) is 12.2 Å². The number of amides is 1. The molecule has 4 nitrogen and oxygen atoms in total. The van der Waals surface area contributed by atoms with Crippen LogP contribution in [0.3, 0.4) is 0 Å². The molecule has 0 bridgehead atoms. The largest absolute Gasteiger partial charge is 0.494 e. The molecule has 23 heavy (non-hydrogen) atoms. The van der Waals surface area contributed by atoms with E-state index in [-0.39, 0.29) is 5.91 Å². The van der Waals surface area contributed by atoms with Gasteiger partial charge in [0.15, 0.2) is 0 Å². The second-order valence-corrected chi connectivity index (χ2v) is 5.64. The van der Waals surface area contributed by atoms with Gasteiger partial charge in [-0.2, -0.15) is 0 Å². The fraction of sp³-hybridized carbons (Fsp3) is 0.316. The Balaban J connectivity index is 1.55. The first-order valence-corrected chi connectivity index (χ1v) is 7.94. The number of rotatable bonds is 8. The molecule has 0 aliphatic carbocycles. The highest BCUT2D eigenvalue weighted by Crippen LogP contribution is 2.11. The van der Waals surface area contributed by atoms with Crippen molar-refractivity contribution in [1.29, 1.82) is 0 Å². The smallest absolute Gasteiger partial charge is 0.224 e. The van der Waals surface area contributed by atoms with Crippen LogP contribution in [0.5, 0.6) is 5.75 Å². The molecule has 0 aliphatic heterocycles. The van der Waals surface area contributed by atoms with Crippen LogP contribution in [0.25, 0.3) is 0 Å². The molecule has 0 atom stereocenters. The zero-order chi connectivity index (χ0) is 16.5. The molecule has 2 aromatic rings. The Labute approximate surface area is 137 Å². The van der Waals surface area contributed by atoms with Gasteiger partial charge >= 0.3 is 0 Å². The predicted octanol–water partition coefficient (Wildman–Crippen LogP) is 3.10. The van der Waals surface area contributed by atoms with Gasteiger partial charge in [-0.05, 0) is 49.6 Å². The second kappa shape index (κ2) is 8.83. The van der Waals surface area contributed by atoms with E-state index < -0.39 is 0 Å². The molecule has 0 saturated heterocycles. The number of hydrogen-bond acceptors (Lipinski definition) is 3. The van der Waals surface area contributed by atoms with Crippen LogP contribution >= 0.6 is 0 Å². The van der Waals surface area contributed by atoms with Gasteiger partial charge in [0.05, 0.1) is 13.0 Å². The van der Waals surface area contributed by atoms with Crippen LogP contribution in [0.4, 0.5) is 5.69 Å².